The van der Waals surface area contributed by atoms with Gasteiger partial charge in [0, 0.05) is 23.5 Å². The first-order valence-corrected chi connectivity index (χ1v) is 12.3. The van der Waals surface area contributed by atoms with E-state index in [0.29, 0.717) is 18.0 Å². The second-order valence-electron chi connectivity index (χ2n) is 10.5. The number of benzene rings is 1. The second kappa shape index (κ2) is 11.5. The third-order valence-corrected chi connectivity index (χ3v) is 6.23. The number of allylic oxidation sites excluding steroid dienone is 1. The summed E-state index contributed by atoms with van der Waals surface area (Å²) in [6, 6.07) is 4.31. The molecule has 1 aliphatic rings. The lowest BCUT2D eigenvalue weighted by molar-refractivity contribution is 0.0482. The first kappa shape index (κ1) is 27.7. The van der Waals surface area contributed by atoms with Crippen LogP contribution < -0.4 is 22.1 Å². The van der Waals surface area contributed by atoms with Gasteiger partial charge in [-0.05, 0) is 87.8 Å². The number of hydrogen-bond donors (Lipinski definition) is 4. The van der Waals surface area contributed by atoms with Crippen LogP contribution in [0.1, 0.15) is 74.4 Å². The molecule has 37 heavy (non-hydrogen) atoms. The van der Waals surface area contributed by atoms with Gasteiger partial charge in [-0.1, -0.05) is 13.5 Å². The van der Waals surface area contributed by atoms with Gasteiger partial charge in [0.25, 0.3) is 5.91 Å². The zero-order valence-corrected chi connectivity index (χ0v) is 21.8. The summed E-state index contributed by atoms with van der Waals surface area (Å²) in [5.41, 5.74) is 13.1. The van der Waals surface area contributed by atoms with Gasteiger partial charge in [-0.2, -0.15) is 0 Å². The monoisotopic (exact) mass is 509 g/mol. The first-order valence-electron chi connectivity index (χ1n) is 12.3. The summed E-state index contributed by atoms with van der Waals surface area (Å²) < 4.78 is 19.8. The largest absolute Gasteiger partial charge is 0.444 e. The Hall–Kier alpha value is -3.88. The van der Waals surface area contributed by atoms with E-state index in [9.17, 15) is 14.0 Å². The predicted molar refractivity (Wildman–Crippen MR) is 144 cm³/mol. The number of aromatic nitrogens is 1. The Labute approximate surface area is 217 Å². The van der Waals surface area contributed by atoms with Crippen molar-refractivity contribution in [3.8, 4) is 0 Å². The fourth-order valence-corrected chi connectivity index (χ4v) is 4.68. The third kappa shape index (κ3) is 7.31. The number of nitrogens with zero attached hydrogens (tertiary/aromatic N) is 1. The minimum atomic E-state index is -0.597. The molecule has 1 aromatic carbocycles. The van der Waals surface area contributed by atoms with Crippen molar-refractivity contribution in [2.75, 3.05) is 11.1 Å². The Kier molecular flexibility index (Phi) is 8.57. The van der Waals surface area contributed by atoms with Crippen molar-refractivity contribution in [1.29, 1.82) is 0 Å². The number of anilines is 2. The van der Waals surface area contributed by atoms with Crippen molar-refractivity contribution in [2.24, 2.45) is 11.7 Å². The Morgan fingerprint density at radius 3 is 2.62 bits per heavy atom. The highest BCUT2D eigenvalue weighted by atomic mass is 19.1. The summed E-state index contributed by atoms with van der Waals surface area (Å²) in [5.74, 6) is -0.683. The smallest absolute Gasteiger partial charge is 0.407 e. The minimum Gasteiger partial charge on any atom is -0.444 e. The van der Waals surface area contributed by atoms with Crippen molar-refractivity contribution in [3.05, 3.63) is 71.5 Å². The molecule has 0 aliphatic heterocycles. The molecule has 0 saturated heterocycles. The van der Waals surface area contributed by atoms with Crippen LogP contribution in [0.2, 0.25) is 0 Å². The number of amides is 2. The van der Waals surface area contributed by atoms with Crippen molar-refractivity contribution >= 4 is 29.5 Å². The summed E-state index contributed by atoms with van der Waals surface area (Å²) in [6.07, 6.45) is 7.92. The molecule has 1 aromatic heterocycles. The molecule has 0 bridgehead atoms. The van der Waals surface area contributed by atoms with Gasteiger partial charge in [0.05, 0.1) is 23.1 Å². The summed E-state index contributed by atoms with van der Waals surface area (Å²) in [5, 5.41) is 5.88. The standard InChI is InChI=1S/C28H36FN5O3/c1-6-18(30)14-22-23(29)8-7-21(25(22)31)26(35)34-24-15-32-10-9-20(24)17-11-16(2)12-19(13-17)33-27(36)37-28(3,4)5/h6-10,14-17,19H,1,11-13,30-31H2,2-5H3,(H,33,36)(H,34,35)/b18-14-/t16-,17+,19-/m0/s1. The Balaban J connectivity index is 1.83. The maximum atomic E-state index is 14.4. The number of carbonyl (C=O) groups is 2. The molecule has 3 atom stereocenters. The van der Waals surface area contributed by atoms with Gasteiger partial charge in [0.2, 0.25) is 0 Å². The van der Waals surface area contributed by atoms with Crippen LogP contribution in [0.25, 0.3) is 6.08 Å². The van der Waals surface area contributed by atoms with Gasteiger partial charge in [0.1, 0.15) is 11.4 Å². The molecule has 0 radical (unpaired) electrons. The van der Waals surface area contributed by atoms with Crippen LogP contribution >= 0.6 is 0 Å². The third-order valence-electron chi connectivity index (χ3n) is 6.23. The van der Waals surface area contributed by atoms with E-state index < -0.39 is 23.4 Å². The highest BCUT2D eigenvalue weighted by Crippen LogP contribution is 2.39. The second-order valence-corrected chi connectivity index (χ2v) is 10.5. The molecule has 3 rings (SSSR count). The number of halogens is 1. The van der Waals surface area contributed by atoms with Gasteiger partial charge >= 0.3 is 6.09 Å². The average molecular weight is 510 g/mol. The number of carbonyl (C=O) groups excluding carboxylic acids is 2. The number of nitrogens with two attached hydrogens (primary N) is 2. The number of nitrogen functional groups attached to an aromatic ring is 1. The van der Waals surface area contributed by atoms with Crippen molar-refractivity contribution < 1.29 is 18.7 Å². The molecular weight excluding hydrogens is 473 g/mol. The summed E-state index contributed by atoms with van der Waals surface area (Å²) in [4.78, 5) is 29.8. The molecular formula is C28H36FN5O3. The molecule has 0 spiro atoms. The number of nitrogens with one attached hydrogen (secondary N) is 2. The van der Waals surface area contributed by atoms with Gasteiger partial charge in [-0.15, -0.1) is 0 Å². The van der Waals surface area contributed by atoms with Gasteiger partial charge in [-0.3, -0.25) is 9.78 Å². The molecule has 9 heteroatoms. The molecule has 2 aromatic rings. The number of ether oxygens (including phenoxy) is 1. The van der Waals surface area contributed by atoms with E-state index in [2.05, 4.69) is 29.1 Å². The van der Waals surface area contributed by atoms with E-state index in [0.717, 1.165) is 18.4 Å². The zero-order valence-electron chi connectivity index (χ0n) is 21.8. The van der Waals surface area contributed by atoms with E-state index in [1.807, 2.05) is 26.8 Å². The van der Waals surface area contributed by atoms with Crippen LogP contribution in [0, 0.1) is 11.7 Å². The van der Waals surface area contributed by atoms with Crippen LogP contribution in [0.15, 0.2) is 48.9 Å². The van der Waals surface area contributed by atoms with E-state index >= 15 is 0 Å². The van der Waals surface area contributed by atoms with Gasteiger partial charge in [0.15, 0.2) is 0 Å². The van der Waals surface area contributed by atoms with Gasteiger partial charge < -0.3 is 26.8 Å². The quantitative estimate of drug-likeness (QED) is 0.307. The average Bonchev–Trinajstić information content (AvgIpc) is 2.80. The van der Waals surface area contributed by atoms with Crippen molar-refractivity contribution in [3.63, 3.8) is 0 Å². The number of alkyl carbamates (subject to hydrolysis) is 1. The zero-order chi connectivity index (χ0) is 27.3. The molecule has 6 N–H and O–H groups in total. The van der Waals surface area contributed by atoms with Crippen LogP contribution in [-0.4, -0.2) is 28.6 Å². The molecule has 2 amide bonds. The van der Waals surface area contributed by atoms with Crippen LogP contribution in [0.5, 0.6) is 0 Å². The highest BCUT2D eigenvalue weighted by molar-refractivity contribution is 6.09. The SMILES string of the molecule is C=C/C(N)=C/c1c(F)ccc(C(=O)Nc2cnccc2[C@@H]2C[C@H](C)C[C@H](NC(=O)OC(C)(C)C)C2)c1N. The number of rotatable bonds is 6. The molecule has 0 unspecified atom stereocenters. The Morgan fingerprint density at radius 2 is 1.95 bits per heavy atom. The minimum absolute atomic E-state index is 0.0219. The van der Waals surface area contributed by atoms with E-state index in [4.69, 9.17) is 16.2 Å². The van der Waals surface area contributed by atoms with Crippen molar-refractivity contribution in [2.45, 2.75) is 64.5 Å². The number of pyridine rings is 1. The van der Waals surface area contributed by atoms with E-state index in [1.165, 1.54) is 24.3 Å². The lowest BCUT2D eigenvalue weighted by Crippen LogP contribution is -2.42. The summed E-state index contributed by atoms with van der Waals surface area (Å²) in [7, 11) is 0. The fraction of sp³-hybridized carbons (Fsp3) is 0.393. The molecule has 8 nitrogen and oxygen atoms in total. The summed E-state index contributed by atoms with van der Waals surface area (Å²) >= 11 is 0. The maximum Gasteiger partial charge on any atom is 0.407 e. The normalized spacial score (nSPS) is 20.1. The highest BCUT2D eigenvalue weighted by Gasteiger charge is 2.31. The fourth-order valence-electron chi connectivity index (χ4n) is 4.68. The van der Waals surface area contributed by atoms with Crippen LogP contribution in [-0.2, 0) is 4.74 Å². The molecule has 1 saturated carbocycles. The molecule has 198 valence electrons. The van der Waals surface area contributed by atoms with Crippen LogP contribution in [0.4, 0.5) is 20.6 Å². The van der Waals surface area contributed by atoms with E-state index in [1.54, 1.807) is 12.4 Å². The molecule has 1 heterocycles. The molecule has 1 aliphatic carbocycles. The van der Waals surface area contributed by atoms with Crippen LogP contribution in [0.3, 0.4) is 0 Å². The molecule has 1 fully saturated rings. The number of hydrogen-bond acceptors (Lipinski definition) is 6. The lowest BCUT2D eigenvalue weighted by atomic mass is 9.76. The Morgan fingerprint density at radius 1 is 1.22 bits per heavy atom. The predicted octanol–water partition coefficient (Wildman–Crippen LogP) is 5.34. The topological polar surface area (TPSA) is 132 Å². The summed E-state index contributed by atoms with van der Waals surface area (Å²) in [6.45, 7) is 11.2. The Bertz CT molecular complexity index is 1200. The maximum absolute atomic E-state index is 14.4. The van der Waals surface area contributed by atoms with Gasteiger partial charge in [-0.25, -0.2) is 9.18 Å². The first-order chi connectivity index (χ1) is 17.4. The van der Waals surface area contributed by atoms with Crippen molar-refractivity contribution in [1.82, 2.24) is 10.3 Å². The lowest BCUT2D eigenvalue weighted by Gasteiger charge is -2.35. The van der Waals surface area contributed by atoms with E-state index in [-0.39, 0.29) is 34.5 Å².